The molecule has 0 atom stereocenters. The van der Waals surface area contributed by atoms with Gasteiger partial charge in [0.05, 0.1) is 17.3 Å². The van der Waals surface area contributed by atoms with Crippen LogP contribution in [0.15, 0.2) is 120 Å². The van der Waals surface area contributed by atoms with Crippen LogP contribution in [0.25, 0.3) is 81.1 Å². The van der Waals surface area contributed by atoms with E-state index in [0.717, 1.165) is 27.8 Å². The van der Waals surface area contributed by atoms with Crippen LogP contribution in [0.5, 0.6) is 0 Å². The van der Waals surface area contributed by atoms with Crippen LogP contribution in [0.3, 0.4) is 0 Å². The second-order valence-electron chi connectivity index (χ2n) is 9.82. The standard InChI is InChI=1S/C34H19N3OS/c1-2-9-21-20(8-1)16-17-28-30(21)24-11-3-5-14-27(24)37(28)34-35-26-18-19-38-32(26)31(36-34)25-13-7-12-23-22-10-4-6-15-29(22)39-33(23)25/h1-19H. The van der Waals surface area contributed by atoms with Gasteiger partial charge in [-0.3, -0.25) is 4.57 Å². The predicted molar refractivity (Wildman–Crippen MR) is 162 cm³/mol. The zero-order chi connectivity index (χ0) is 25.5. The Morgan fingerprint density at radius 3 is 2.36 bits per heavy atom. The Balaban J connectivity index is 1.41. The van der Waals surface area contributed by atoms with Crippen molar-refractivity contribution in [2.75, 3.05) is 0 Å². The number of furan rings is 1. The van der Waals surface area contributed by atoms with Crippen LogP contribution in [-0.4, -0.2) is 14.5 Å². The molecule has 0 N–H and O–H groups in total. The molecular formula is C34H19N3OS. The van der Waals surface area contributed by atoms with Gasteiger partial charge in [-0.1, -0.05) is 84.9 Å². The summed E-state index contributed by atoms with van der Waals surface area (Å²) in [5.41, 5.74) is 5.53. The molecule has 5 aromatic carbocycles. The quantitative estimate of drug-likeness (QED) is 0.229. The van der Waals surface area contributed by atoms with Gasteiger partial charge in [0.15, 0.2) is 5.58 Å². The first-order valence-corrected chi connectivity index (χ1v) is 13.7. The van der Waals surface area contributed by atoms with E-state index in [1.54, 1.807) is 17.6 Å². The van der Waals surface area contributed by atoms with Crippen LogP contribution >= 0.6 is 11.3 Å². The molecule has 0 saturated heterocycles. The normalized spacial score (nSPS) is 12.1. The van der Waals surface area contributed by atoms with Crippen molar-refractivity contribution >= 4 is 75.2 Å². The summed E-state index contributed by atoms with van der Waals surface area (Å²) in [6, 6.07) is 38.4. The molecule has 9 rings (SSSR count). The van der Waals surface area contributed by atoms with E-state index < -0.39 is 0 Å². The molecule has 4 nitrogen and oxygen atoms in total. The van der Waals surface area contributed by atoms with Crippen molar-refractivity contribution < 1.29 is 4.42 Å². The molecule has 5 heteroatoms. The molecule has 4 aromatic heterocycles. The van der Waals surface area contributed by atoms with E-state index in [1.807, 2.05) is 6.07 Å². The maximum Gasteiger partial charge on any atom is 0.236 e. The van der Waals surface area contributed by atoms with Gasteiger partial charge in [-0.25, -0.2) is 9.97 Å². The minimum absolute atomic E-state index is 0.637. The molecule has 0 fully saturated rings. The Bertz CT molecular complexity index is 2410. The van der Waals surface area contributed by atoms with Gasteiger partial charge in [-0.2, -0.15) is 0 Å². The number of rotatable bonds is 2. The second-order valence-corrected chi connectivity index (χ2v) is 10.9. The first-order chi connectivity index (χ1) is 19.3. The summed E-state index contributed by atoms with van der Waals surface area (Å²) < 4.78 is 10.7. The summed E-state index contributed by atoms with van der Waals surface area (Å²) >= 11 is 1.80. The van der Waals surface area contributed by atoms with E-state index in [1.165, 1.54) is 41.7 Å². The molecule has 0 aliphatic carbocycles. The number of hydrogen-bond acceptors (Lipinski definition) is 4. The molecule has 0 aliphatic rings. The highest BCUT2D eigenvalue weighted by Gasteiger charge is 2.21. The van der Waals surface area contributed by atoms with E-state index >= 15 is 0 Å². The Hall–Kier alpha value is -5.00. The molecule has 0 saturated carbocycles. The van der Waals surface area contributed by atoms with Crippen molar-refractivity contribution in [3.63, 3.8) is 0 Å². The Morgan fingerprint density at radius 1 is 0.615 bits per heavy atom. The van der Waals surface area contributed by atoms with Crippen molar-refractivity contribution in [3.8, 4) is 17.2 Å². The van der Waals surface area contributed by atoms with Gasteiger partial charge in [0.2, 0.25) is 5.95 Å². The number of aromatic nitrogens is 3. The zero-order valence-corrected chi connectivity index (χ0v) is 21.4. The molecule has 4 heterocycles. The summed E-state index contributed by atoms with van der Waals surface area (Å²) in [4.78, 5) is 10.3. The first-order valence-electron chi connectivity index (χ1n) is 12.9. The number of thiophene rings is 1. The number of para-hydroxylation sites is 1. The van der Waals surface area contributed by atoms with E-state index in [0.29, 0.717) is 11.5 Å². The average Bonchev–Trinajstić information content (AvgIpc) is 3.70. The Morgan fingerprint density at radius 2 is 1.41 bits per heavy atom. The van der Waals surface area contributed by atoms with Gasteiger partial charge in [-0.15, -0.1) is 11.3 Å². The van der Waals surface area contributed by atoms with Crippen molar-refractivity contribution in [2.24, 2.45) is 0 Å². The fraction of sp³-hybridized carbons (Fsp3) is 0. The van der Waals surface area contributed by atoms with Crippen LogP contribution in [0.1, 0.15) is 0 Å². The highest BCUT2D eigenvalue weighted by molar-refractivity contribution is 7.26. The van der Waals surface area contributed by atoms with Crippen molar-refractivity contribution in [2.45, 2.75) is 0 Å². The van der Waals surface area contributed by atoms with Crippen molar-refractivity contribution in [1.82, 2.24) is 14.5 Å². The third kappa shape index (κ3) is 2.88. The van der Waals surface area contributed by atoms with E-state index in [9.17, 15) is 0 Å². The molecule has 0 aliphatic heterocycles. The van der Waals surface area contributed by atoms with Gasteiger partial charge in [-0.05, 0) is 29.0 Å². The van der Waals surface area contributed by atoms with Crippen LogP contribution in [-0.2, 0) is 0 Å². The summed E-state index contributed by atoms with van der Waals surface area (Å²) in [6.45, 7) is 0. The smallest absolute Gasteiger partial charge is 0.236 e. The molecule has 0 unspecified atom stereocenters. The maximum absolute atomic E-state index is 6.00. The zero-order valence-electron chi connectivity index (χ0n) is 20.6. The monoisotopic (exact) mass is 517 g/mol. The van der Waals surface area contributed by atoms with Gasteiger partial charge in [0.1, 0.15) is 11.2 Å². The summed E-state index contributed by atoms with van der Waals surface area (Å²) in [7, 11) is 0. The lowest BCUT2D eigenvalue weighted by Gasteiger charge is -2.10. The van der Waals surface area contributed by atoms with Crippen LogP contribution in [0, 0.1) is 0 Å². The Labute approximate surface area is 226 Å². The minimum atomic E-state index is 0.637. The second kappa shape index (κ2) is 7.76. The van der Waals surface area contributed by atoms with E-state index in [-0.39, 0.29) is 0 Å². The first kappa shape index (κ1) is 21.0. The lowest BCUT2D eigenvalue weighted by molar-refractivity contribution is 0.614. The van der Waals surface area contributed by atoms with Crippen molar-refractivity contribution in [3.05, 3.63) is 115 Å². The largest absolute Gasteiger partial charge is 0.460 e. The fourth-order valence-corrected chi connectivity index (χ4v) is 7.24. The average molecular weight is 518 g/mol. The highest BCUT2D eigenvalue weighted by atomic mass is 32.1. The summed E-state index contributed by atoms with van der Waals surface area (Å²) in [5, 5.41) is 7.34. The van der Waals surface area contributed by atoms with E-state index in [2.05, 4.69) is 108 Å². The fourth-order valence-electron chi connectivity index (χ4n) is 6.02. The number of fused-ring (bicyclic) bond motifs is 9. The maximum atomic E-state index is 6.00. The predicted octanol–water partition coefficient (Wildman–Crippen LogP) is 9.51. The van der Waals surface area contributed by atoms with Gasteiger partial charge >= 0.3 is 0 Å². The molecule has 0 amide bonds. The molecule has 0 bridgehead atoms. The Kier molecular flexibility index (Phi) is 4.18. The van der Waals surface area contributed by atoms with Crippen LogP contribution in [0.4, 0.5) is 0 Å². The summed E-state index contributed by atoms with van der Waals surface area (Å²) in [5.74, 6) is 0.637. The minimum Gasteiger partial charge on any atom is -0.460 e. The lowest BCUT2D eigenvalue weighted by atomic mass is 10.0. The molecule has 39 heavy (non-hydrogen) atoms. The third-order valence-corrected chi connectivity index (χ3v) is 8.93. The van der Waals surface area contributed by atoms with Crippen LogP contribution in [0.2, 0.25) is 0 Å². The lowest BCUT2D eigenvalue weighted by Crippen LogP contribution is -2.02. The van der Waals surface area contributed by atoms with E-state index in [4.69, 9.17) is 14.4 Å². The number of nitrogens with zero attached hydrogens (tertiary/aromatic N) is 3. The van der Waals surface area contributed by atoms with Crippen molar-refractivity contribution in [1.29, 1.82) is 0 Å². The number of benzene rings is 5. The third-order valence-electron chi connectivity index (χ3n) is 7.71. The van der Waals surface area contributed by atoms with Gasteiger partial charge in [0, 0.05) is 42.6 Å². The topological polar surface area (TPSA) is 43.9 Å². The molecule has 182 valence electrons. The summed E-state index contributed by atoms with van der Waals surface area (Å²) in [6.07, 6.45) is 1.71. The van der Waals surface area contributed by atoms with Gasteiger partial charge < -0.3 is 4.42 Å². The van der Waals surface area contributed by atoms with Crippen LogP contribution < -0.4 is 0 Å². The van der Waals surface area contributed by atoms with Gasteiger partial charge in [0.25, 0.3) is 0 Å². The SMILES string of the molecule is c1ccc2c(c1)ccc1c2c2ccccc2n1-c1nc(-c2cccc3c2sc2ccccc23)c2occc2n1. The molecule has 0 radical (unpaired) electrons. The molecular weight excluding hydrogens is 498 g/mol. The molecule has 9 aromatic rings. The highest BCUT2D eigenvalue weighted by Crippen LogP contribution is 2.42. The number of hydrogen-bond donors (Lipinski definition) is 0. The molecule has 0 spiro atoms.